The van der Waals surface area contributed by atoms with E-state index in [1.807, 2.05) is 29.6 Å². The van der Waals surface area contributed by atoms with E-state index in [9.17, 15) is 0 Å². The summed E-state index contributed by atoms with van der Waals surface area (Å²) < 4.78 is 1.80. The van der Waals surface area contributed by atoms with Gasteiger partial charge < -0.3 is 10.2 Å². The normalized spacial score (nSPS) is 15.3. The summed E-state index contributed by atoms with van der Waals surface area (Å²) in [5.74, 6) is 2.42. The fraction of sp³-hybridized carbons (Fsp3) is 0.278. The largest absolute Gasteiger partial charge is 0.366 e. The molecule has 1 fully saturated rings. The zero-order chi connectivity index (χ0) is 18.1. The van der Waals surface area contributed by atoms with Crippen molar-refractivity contribution < 1.29 is 0 Å². The van der Waals surface area contributed by atoms with Gasteiger partial charge in [0, 0.05) is 42.5 Å². The van der Waals surface area contributed by atoms with Gasteiger partial charge >= 0.3 is 0 Å². The molecule has 27 heavy (non-hydrogen) atoms. The predicted molar refractivity (Wildman–Crippen MR) is 105 cm³/mol. The maximum absolute atomic E-state index is 4.71. The molecule has 0 spiro atoms. The van der Waals surface area contributed by atoms with E-state index in [1.165, 1.54) is 0 Å². The molecule has 5 heterocycles. The summed E-state index contributed by atoms with van der Waals surface area (Å²) in [4.78, 5) is 10.9. The number of thiophene rings is 1. The summed E-state index contributed by atoms with van der Waals surface area (Å²) in [7, 11) is 0. The lowest BCUT2D eigenvalue weighted by atomic mass is 10.1. The third-order valence-corrected chi connectivity index (χ3v) is 5.41. The smallest absolute Gasteiger partial charge is 0.225 e. The summed E-state index contributed by atoms with van der Waals surface area (Å²) in [6.45, 7) is 1.85. The first-order valence-corrected chi connectivity index (χ1v) is 9.85. The highest BCUT2D eigenvalue weighted by atomic mass is 32.1. The van der Waals surface area contributed by atoms with Crippen LogP contribution in [0.25, 0.3) is 17.0 Å². The van der Waals surface area contributed by atoms with Crippen LogP contribution in [0.4, 0.5) is 11.8 Å². The molecular formula is C18H18N8S. The zero-order valence-electron chi connectivity index (χ0n) is 14.6. The van der Waals surface area contributed by atoms with Crippen molar-refractivity contribution in [1.82, 2.24) is 29.8 Å². The molecule has 9 heteroatoms. The molecular weight excluding hydrogens is 360 g/mol. The molecule has 0 atom stereocenters. The van der Waals surface area contributed by atoms with Crippen molar-refractivity contribution in [3.63, 3.8) is 0 Å². The van der Waals surface area contributed by atoms with E-state index in [4.69, 9.17) is 5.10 Å². The fourth-order valence-corrected chi connectivity index (χ4v) is 3.96. The van der Waals surface area contributed by atoms with Crippen molar-refractivity contribution in [1.29, 1.82) is 0 Å². The number of nitrogens with one attached hydrogen (secondary N) is 1. The highest BCUT2D eigenvalue weighted by Crippen LogP contribution is 2.22. The van der Waals surface area contributed by atoms with Crippen molar-refractivity contribution in [2.24, 2.45) is 0 Å². The SMILES string of the molecule is c1cnc(N2CCC(Nc3ccc4nnc(-c5ccsc5)n4n3)CC2)nc1. The fourth-order valence-electron chi connectivity index (χ4n) is 3.33. The molecule has 0 amide bonds. The summed E-state index contributed by atoms with van der Waals surface area (Å²) >= 11 is 1.64. The van der Waals surface area contributed by atoms with Crippen LogP contribution in [0.2, 0.25) is 0 Å². The maximum Gasteiger partial charge on any atom is 0.225 e. The molecule has 0 aromatic carbocycles. The molecule has 0 aliphatic carbocycles. The van der Waals surface area contributed by atoms with Crippen LogP contribution in [0.15, 0.2) is 47.4 Å². The molecule has 1 aliphatic rings. The number of hydrogen-bond donors (Lipinski definition) is 1. The first kappa shape index (κ1) is 16.1. The van der Waals surface area contributed by atoms with Crippen molar-refractivity contribution in [3.8, 4) is 11.4 Å². The van der Waals surface area contributed by atoms with Crippen LogP contribution in [0.5, 0.6) is 0 Å². The Kier molecular flexibility index (Phi) is 4.13. The van der Waals surface area contributed by atoms with Crippen LogP contribution in [0.3, 0.4) is 0 Å². The molecule has 1 saturated heterocycles. The number of piperidine rings is 1. The van der Waals surface area contributed by atoms with Gasteiger partial charge in [-0.05, 0) is 42.5 Å². The van der Waals surface area contributed by atoms with E-state index in [0.29, 0.717) is 6.04 Å². The monoisotopic (exact) mass is 378 g/mol. The van der Waals surface area contributed by atoms with Crippen molar-refractivity contribution in [3.05, 3.63) is 47.4 Å². The Bertz CT molecular complexity index is 1020. The molecule has 4 aromatic rings. The molecule has 4 aromatic heterocycles. The second-order valence-electron chi connectivity index (χ2n) is 6.48. The second-order valence-corrected chi connectivity index (χ2v) is 7.26. The highest BCUT2D eigenvalue weighted by molar-refractivity contribution is 7.08. The average Bonchev–Trinajstić information content (AvgIpc) is 3.38. The lowest BCUT2D eigenvalue weighted by molar-refractivity contribution is 0.518. The summed E-state index contributed by atoms with van der Waals surface area (Å²) in [5.41, 5.74) is 1.78. The Labute approximate surface area is 159 Å². The quantitative estimate of drug-likeness (QED) is 0.584. The van der Waals surface area contributed by atoms with Crippen LogP contribution >= 0.6 is 11.3 Å². The van der Waals surface area contributed by atoms with Crippen LogP contribution in [0, 0.1) is 0 Å². The van der Waals surface area contributed by atoms with Gasteiger partial charge in [0.05, 0.1) is 0 Å². The molecule has 136 valence electrons. The van der Waals surface area contributed by atoms with E-state index in [1.54, 1.807) is 28.2 Å². The molecule has 0 radical (unpaired) electrons. The van der Waals surface area contributed by atoms with Crippen LogP contribution in [0.1, 0.15) is 12.8 Å². The molecule has 0 unspecified atom stereocenters. The average molecular weight is 378 g/mol. The first-order valence-electron chi connectivity index (χ1n) is 8.90. The van der Waals surface area contributed by atoms with E-state index < -0.39 is 0 Å². The Hall–Kier alpha value is -3.07. The highest BCUT2D eigenvalue weighted by Gasteiger charge is 2.21. The molecule has 8 nitrogen and oxygen atoms in total. The topological polar surface area (TPSA) is 84.1 Å². The van der Waals surface area contributed by atoms with Gasteiger partial charge in [0.2, 0.25) is 5.95 Å². The van der Waals surface area contributed by atoms with Crippen molar-refractivity contribution >= 4 is 28.8 Å². The molecule has 1 aliphatic heterocycles. The number of anilines is 2. The third kappa shape index (κ3) is 3.21. The second kappa shape index (κ2) is 6.92. The van der Waals surface area contributed by atoms with Crippen LogP contribution in [-0.4, -0.2) is 48.9 Å². The minimum atomic E-state index is 0.371. The van der Waals surface area contributed by atoms with E-state index in [2.05, 4.69) is 35.8 Å². The summed E-state index contributed by atoms with van der Waals surface area (Å²) in [6, 6.07) is 8.16. The maximum atomic E-state index is 4.71. The minimum Gasteiger partial charge on any atom is -0.366 e. The molecule has 0 saturated carbocycles. The van der Waals surface area contributed by atoms with Crippen molar-refractivity contribution in [2.45, 2.75) is 18.9 Å². The van der Waals surface area contributed by atoms with Gasteiger partial charge in [-0.25, -0.2) is 9.97 Å². The summed E-state index contributed by atoms with van der Waals surface area (Å²) in [5, 5.41) is 20.8. The number of rotatable bonds is 4. The Balaban J connectivity index is 1.30. The molecule has 0 bridgehead atoms. The summed E-state index contributed by atoms with van der Waals surface area (Å²) in [6.07, 6.45) is 5.60. The first-order chi connectivity index (χ1) is 13.4. The van der Waals surface area contributed by atoms with Gasteiger partial charge in [-0.15, -0.1) is 15.3 Å². The number of aromatic nitrogens is 6. The zero-order valence-corrected chi connectivity index (χ0v) is 15.4. The van der Waals surface area contributed by atoms with Crippen molar-refractivity contribution in [2.75, 3.05) is 23.3 Å². The Morgan fingerprint density at radius 2 is 1.89 bits per heavy atom. The lowest BCUT2D eigenvalue weighted by Gasteiger charge is -2.32. The van der Waals surface area contributed by atoms with Gasteiger partial charge in [0.15, 0.2) is 11.5 Å². The molecule has 5 rings (SSSR count). The minimum absolute atomic E-state index is 0.371. The third-order valence-electron chi connectivity index (χ3n) is 4.72. The predicted octanol–water partition coefficient (Wildman–Crippen LogP) is 2.72. The van der Waals surface area contributed by atoms with E-state index >= 15 is 0 Å². The van der Waals surface area contributed by atoms with Crippen LogP contribution in [-0.2, 0) is 0 Å². The number of nitrogens with zero attached hydrogens (tertiary/aromatic N) is 7. The molecule has 1 N–H and O–H groups in total. The van der Waals surface area contributed by atoms with Crippen LogP contribution < -0.4 is 10.2 Å². The Morgan fingerprint density at radius 3 is 2.67 bits per heavy atom. The van der Waals surface area contributed by atoms with Gasteiger partial charge in [-0.1, -0.05) is 0 Å². The van der Waals surface area contributed by atoms with Gasteiger partial charge in [-0.2, -0.15) is 15.9 Å². The van der Waals surface area contributed by atoms with Gasteiger partial charge in [-0.3, -0.25) is 0 Å². The van der Waals surface area contributed by atoms with Gasteiger partial charge in [0.1, 0.15) is 5.82 Å². The lowest BCUT2D eigenvalue weighted by Crippen LogP contribution is -2.40. The van der Waals surface area contributed by atoms with E-state index in [0.717, 1.165) is 54.7 Å². The number of hydrogen-bond acceptors (Lipinski definition) is 8. The standard InChI is InChI=1S/C18H18N8S/c1-7-19-18(20-8-1)25-9-4-14(5-10-25)21-15-2-3-16-22-23-17(26(16)24-15)13-6-11-27-12-13/h1-3,6-8,11-12,14H,4-5,9-10H2,(H,21,24). The Morgan fingerprint density at radius 1 is 1.04 bits per heavy atom. The number of fused-ring (bicyclic) bond motifs is 1. The van der Waals surface area contributed by atoms with E-state index in [-0.39, 0.29) is 0 Å². The van der Waals surface area contributed by atoms with Gasteiger partial charge in [0.25, 0.3) is 0 Å².